The summed E-state index contributed by atoms with van der Waals surface area (Å²) in [6.07, 6.45) is 6.82. The molecule has 0 aliphatic carbocycles. The molecule has 25 heavy (non-hydrogen) atoms. The minimum absolute atomic E-state index is 0.256. The summed E-state index contributed by atoms with van der Waals surface area (Å²) in [6.45, 7) is 3.88. The minimum atomic E-state index is -0.562. The predicted molar refractivity (Wildman–Crippen MR) is 99.0 cm³/mol. The van der Waals surface area contributed by atoms with Crippen LogP contribution in [-0.4, -0.2) is 29.4 Å². The van der Waals surface area contributed by atoms with Crippen molar-refractivity contribution in [3.05, 3.63) is 64.4 Å². The summed E-state index contributed by atoms with van der Waals surface area (Å²) in [6, 6.07) is 6.92. The molecule has 2 heterocycles. The molecule has 2 amide bonds. The topological polar surface area (TPSA) is 62.3 Å². The van der Waals surface area contributed by atoms with Gasteiger partial charge in [0, 0.05) is 24.5 Å². The molecule has 0 spiro atoms. The molecule has 0 bridgehead atoms. The Kier molecular flexibility index (Phi) is 4.35. The number of amides is 2. The van der Waals surface area contributed by atoms with E-state index >= 15 is 0 Å². The molecule has 0 fully saturated rings. The third-order valence-electron chi connectivity index (χ3n) is 4.20. The smallest absolute Gasteiger partial charge is 0.261 e. The lowest BCUT2D eigenvalue weighted by atomic mass is 9.92. The fourth-order valence-electron chi connectivity index (χ4n) is 2.93. The molecule has 0 saturated carbocycles. The van der Waals surface area contributed by atoms with Crippen LogP contribution < -0.4 is 10.2 Å². The zero-order chi connectivity index (χ0) is 18.2. The number of anilines is 1. The van der Waals surface area contributed by atoms with E-state index in [0.717, 1.165) is 11.3 Å². The maximum Gasteiger partial charge on any atom is 0.261 e. The summed E-state index contributed by atoms with van der Waals surface area (Å²) in [5.74, 6) is -0.614. The second-order valence-electron chi connectivity index (χ2n) is 6.33. The molecule has 5 nitrogen and oxygen atoms in total. The number of aromatic nitrogens is 1. The Morgan fingerprint density at radius 1 is 1.20 bits per heavy atom. The van der Waals surface area contributed by atoms with Gasteiger partial charge >= 0.3 is 0 Å². The standard InChI is InChI=1S/C19H18ClN3O2/c1-19(2)8-6-12-10-13(20)4-5-16(12)23(19)18(25)15-11-22-9-7-14(15)17(24)21-3/h4-11H,1-3H3,(H,21,24). The normalized spacial score (nSPS) is 14.8. The quantitative estimate of drug-likeness (QED) is 0.896. The van der Waals surface area contributed by atoms with Crippen LogP contribution in [-0.2, 0) is 0 Å². The van der Waals surface area contributed by atoms with E-state index in [4.69, 9.17) is 11.6 Å². The number of nitrogens with one attached hydrogen (secondary N) is 1. The molecule has 0 unspecified atom stereocenters. The number of rotatable bonds is 2. The van der Waals surface area contributed by atoms with Crippen molar-refractivity contribution in [1.29, 1.82) is 0 Å². The number of benzene rings is 1. The van der Waals surface area contributed by atoms with Crippen molar-refractivity contribution in [1.82, 2.24) is 10.3 Å². The first-order valence-corrected chi connectivity index (χ1v) is 8.22. The van der Waals surface area contributed by atoms with E-state index in [1.165, 1.54) is 19.4 Å². The van der Waals surface area contributed by atoms with Gasteiger partial charge in [0.2, 0.25) is 0 Å². The van der Waals surface area contributed by atoms with Crippen molar-refractivity contribution in [2.45, 2.75) is 19.4 Å². The largest absolute Gasteiger partial charge is 0.355 e. The third kappa shape index (κ3) is 3.03. The number of carbonyl (C=O) groups is 2. The maximum atomic E-state index is 13.3. The van der Waals surface area contributed by atoms with Gasteiger partial charge in [-0.3, -0.25) is 19.5 Å². The van der Waals surface area contributed by atoms with Crippen LogP contribution in [0.2, 0.25) is 5.02 Å². The zero-order valence-electron chi connectivity index (χ0n) is 14.2. The lowest BCUT2D eigenvalue weighted by molar-refractivity contribution is 0.0932. The Bertz CT molecular complexity index is 890. The number of halogens is 1. The monoisotopic (exact) mass is 355 g/mol. The van der Waals surface area contributed by atoms with E-state index in [-0.39, 0.29) is 17.4 Å². The molecule has 1 aliphatic heterocycles. The highest BCUT2D eigenvalue weighted by Gasteiger charge is 2.36. The number of fused-ring (bicyclic) bond motifs is 1. The maximum absolute atomic E-state index is 13.3. The van der Waals surface area contributed by atoms with Gasteiger partial charge in [-0.15, -0.1) is 0 Å². The second-order valence-corrected chi connectivity index (χ2v) is 6.77. The molecular weight excluding hydrogens is 338 g/mol. The molecule has 128 valence electrons. The van der Waals surface area contributed by atoms with Crippen LogP contribution in [0.4, 0.5) is 5.69 Å². The molecular formula is C19H18ClN3O2. The van der Waals surface area contributed by atoms with Crippen LogP contribution >= 0.6 is 11.6 Å². The highest BCUT2D eigenvalue weighted by atomic mass is 35.5. The van der Waals surface area contributed by atoms with Crippen LogP contribution in [0.5, 0.6) is 0 Å². The number of nitrogens with zero attached hydrogens (tertiary/aromatic N) is 2. The van der Waals surface area contributed by atoms with E-state index < -0.39 is 5.54 Å². The lowest BCUT2D eigenvalue weighted by Crippen LogP contribution is -2.49. The van der Waals surface area contributed by atoms with E-state index in [9.17, 15) is 9.59 Å². The van der Waals surface area contributed by atoms with Crippen molar-refractivity contribution in [2.75, 3.05) is 11.9 Å². The molecule has 0 radical (unpaired) electrons. The lowest BCUT2D eigenvalue weighted by Gasteiger charge is -2.40. The predicted octanol–water partition coefficient (Wildman–Crippen LogP) is 3.55. The molecule has 3 rings (SSSR count). The molecule has 1 aliphatic rings. The van der Waals surface area contributed by atoms with E-state index in [0.29, 0.717) is 10.6 Å². The SMILES string of the molecule is CNC(=O)c1ccncc1C(=O)N1c2ccc(Cl)cc2C=CC1(C)C. The fraction of sp³-hybridized carbons (Fsp3) is 0.211. The Morgan fingerprint density at radius 2 is 1.96 bits per heavy atom. The number of hydrogen-bond donors (Lipinski definition) is 1. The summed E-state index contributed by atoms with van der Waals surface area (Å²) >= 11 is 6.08. The Hall–Kier alpha value is -2.66. The van der Waals surface area contributed by atoms with Crippen LogP contribution in [0.15, 0.2) is 42.7 Å². The average Bonchev–Trinajstić information content (AvgIpc) is 2.60. The van der Waals surface area contributed by atoms with Gasteiger partial charge in [-0.05, 0) is 43.7 Å². The Labute approximate surface area is 151 Å². The molecule has 1 aromatic carbocycles. The van der Waals surface area contributed by atoms with Crippen LogP contribution in [0.1, 0.15) is 40.1 Å². The summed E-state index contributed by atoms with van der Waals surface area (Å²) in [5, 5.41) is 3.16. The van der Waals surface area contributed by atoms with Gasteiger partial charge < -0.3 is 5.32 Å². The molecule has 1 aromatic heterocycles. The molecule has 1 N–H and O–H groups in total. The van der Waals surface area contributed by atoms with Crippen LogP contribution in [0.3, 0.4) is 0 Å². The zero-order valence-corrected chi connectivity index (χ0v) is 15.0. The summed E-state index contributed by atoms with van der Waals surface area (Å²) in [5.41, 5.74) is 1.59. The fourth-order valence-corrected chi connectivity index (χ4v) is 3.11. The van der Waals surface area contributed by atoms with Gasteiger partial charge in [0.1, 0.15) is 0 Å². The van der Waals surface area contributed by atoms with Gasteiger partial charge in [-0.25, -0.2) is 0 Å². The highest BCUT2D eigenvalue weighted by Crippen LogP contribution is 2.37. The molecule has 6 heteroatoms. The van der Waals surface area contributed by atoms with Crippen LogP contribution in [0, 0.1) is 0 Å². The van der Waals surface area contributed by atoms with Crippen molar-refractivity contribution in [3.8, 4) is 0 Å². The molecule has 2 aromatic rings. The minimum Gasteiger partial charge on any atom is -0.355 e. The van der Waals surface area contributed by atoms with Crippen molar-refractivity contribution in [2.24, 2.45) is 0 Å². The van der Waals surface area contributed by atoms with Crippen molar-refractivity contribution >= 4 is 35.2 Å². The van der Waals surface area contributed by atoms with Gasteiger partial charge in [0.15, 0.2) is 0 Å². The van der Waals surface area contributed by atoms with Crippen molar-refractivity contribution in [3.63, 3.8) is 0 Å². The second kappa shape index (κ2) is 6.33. The first-order chi connectivity index (χ1) is 11.8. The molecule has 0 atom stereocenters. The number of carbonyl (C=O) groups excluding carboxylic acids is 2. The van der Waals surface area contributed by atoms with E-state index in [1.54, 1.807) is 17.0 Å². The van der Waals surface area contributed by atoms with Gasteiger partial charge in [0.05, 0.1) is 22.4 Å². The summed E-state index contributed by atoms with van der Waals surface area (Å²) in [4.78, 5) is 31.2. The summed E-state index contributed by atoms with van der Waals surface area (Å²) < 4.78 is 0. The molecule has 0 saturated heterocycles. The van der Waals surface area contributed by atoms with Gasteiger partial charge in [-0.2, -0.15) is 0 Å². The average molecular weight is 356 g/mol. The summed E-state index contributed by atoms with van der Waals surface area (Å²) in [7, 11) is 1.53. The Balaban J connectivity index is 2.14. The highest BCUT2D eigenvalue weighted by molar-refractivity contribution is 6.31. The Morgan fingerprint density at radius 3 is 2.68 bits per heavy atom. The van der Waals surface area contributed by atoms with E-state index in [1.807, 2.05) is 38.1 Å². The first-order valence-electron chi connectivity index (χ1n) is 7.84. The number of hydrogen-bond acceptors (Lipinski definition) is 3. The van der Waals surface area contributed by atoms with Gasteiger partial charge in [-0.1, -0.05) is 23.8 Å². The number of pyridine rings is 1. The van der Waals surface area contributed by atoms with E-state index in [2.05, 4.69) is 10.3 Å². The van der Waals surface area contributed by atoms with Crippen molar-refractivity contribution < 1.29 is 9.59 Å². The first kappa shape index (κ1) is 17.2. The third-order valence-corrected chi connectivity index (χ3v) is 4.44. The van der Waals surface area contributed by atoms with Gasteiger partial charge in [0.25, 0.3) is 11.8 Å². The van der Waals surface area contributed by atoms with Crippen LogP contribution in [0.25, 0.3) is 6.08 Å².